The van der Waals surface area contributed by atoms with Crippen molar-refractivity contribution in [3.63, 3.8) is 0 Å². The average molecular weight is 270 g/mol. The monoisotopic (exact) mass is 270 g/mol. The highest BCUT2D eigenvalue weighted by Crippen LogP contribution is 2.34. The summed E-state index contributed by atoms with van der Waals surface area (Å²) in [5.41, 5.74) is 3.82. The number of carbonyl (C=O) groups is 2. The molecule has 5 heteroatoms. The highest BCUT2D eigenvalue weighted by molar-refractivity contribution is 6.25. The van der Waals surface area contributed by atoms with Crippen LogP contribution in [-0.2, 0) is 0 Å². The molecule has 5 nitrogen and oxygen atoms in total. The Balaban J connectivity index is 2.33. The van der Waals surface area contributed by atoms with E-state index in [0.717, 1.165) is 10.4 Å². The number of ether oxygens (including phenoxy) is 1. The highest BCUT2D eigenvalue weighted by atomic mass is 16.5. The van der Waals surface area contributed by atoms with Gasteiger partial charge in [0.2, 0.25) is 0 Å². The summed E-state index contributed by atoms with van der Waals surface area (Å²) >= 11 is 0. The molecular formula is C15H14N2O3. The van der Waals surface area contributed by atoms with Gasteiger partial charge in [0.25, 0.3) is 11.8 Å². The third-order valence-corrected chi connectivity index (χ3v) is 3.40. The number of benzene rings is 2. The van der Waals surface area contributed by atoms with Gasteiger partial charge in [-0.2, -0.15) is 0 Å². The van der Waals surface area contributed by atoms with E-state index in [1.54, 1.807) is 31.4 Å². The number of hydrogen-bond acceptors (Lipinski definition) is 4. The minimum Gasteiger partial charge on any atom is -0.496 e. The minimum atomic E-state index is -0.330. The Bertz CT molecular complexity index is 702. The SMILES string of the molecule is CCNN1C(=O)c2cccc3c(OC)ccc(c23)C1=O. The molecule has 0 spiro atoms. The van der Waals surface area contributed by atoms with E-state index in [0.29, 0.717) is 28.8 Å². The Hall–Kier alpha value is -2.40. The Labute approximate surface area is 116 Å². The Kier molecular flexibility index (Phi) is 2.91. The van der Waals surface area contributed by atoms with Crippen LogP contribution in [0.15, 0.2) is 30.3 Å². The first-order valence-corrected chi connectivity index (χ1v) is 6.41. The molecule has 102 valence electrons. The van der Waals surface area contributed by atoms with Crippen LogP contribution in [-0.4, -0.2) is 30.5 Å². The Morgan fingerprint density at radius 3 is 2.45 bits per heavy atom. The molecule has 1 aliphatic rings. The average Bonchev–Trinajstić information content (AvgIpc) is 2.48. The molecule has 1 aliphatic heterocycles. The maximum atomic E-state index is 12.4. The van der Waals surface area contributed by atoms with Crippen molar-refractivity contribution in [3.8, 4) is 5.75 Å². The molecule has 2 aromatic rings. The number of carbonyl (C=O) groups excluding carboxylic acids is 2. The maximum absolute atomic E-state index is 12.4. The molecule has 20 heavy (non-hydrogen) atoms. The lowest BCUT2D eigenvalue weighted by atomic mass is 9.94. The summed E-state index contributed by atoms with van der Waals surface area (Å²) in [6, 6.07) is 8.82. The molecule has 1 heterocycles. The van der Waals surface area contributed by atoms with Gasteiger partial charge in [-0.25, -0.2) is 10.4 Å². The predicted molar refractivity (Wildman–Crippen MR) is 74.7 cm³/mol. The summed E-state index contributed by atoms with van der Waals surface area (Å²) < 4.78 is 5.30. The van der Waals surface area contributed by atoms with Crippen molar-refractivity contribution in [1.29, 1.82) is 0 Å². The topological polar surface area (TPSA) is 58.6 Å². The predicted octanol–water partition coefficient (Wildman–Crippen LogP) is 1.97. The van der Waals surface area contributed by atoms with Gasteiger partial charge < -0.3 is 4.74 Å². The molecule has 2 amide bonds. The molecular weight excluding hydrogens is 256 g/mol. The summed E-state index contributed by atoms with van der Waals surface area (Å²) in [5, 5.41) is 2.51. The second-order valence-electron chi connectivity index (χ2n) is 4.50. The van der Waals surface area contributed by atoms with Crippen LogP contribution >= 0.6 is 0 Å². The van der Waals surface area contributed by atoms with Crippen molar-refractivity contribution in [2.45, 2.75) is 6.92 Å². The van der Waals surface area contributed by atoms with Gasteiger partial charge in [0.1, 0.15) is 5.75 Å². The molecule has 0 saturated carbocycles. The van der Waals surface area contributed by atoms with Gasteiger partial charge in [0, 0.05) is 17.3 Å². The number of nitrogens with zero attached hydrogens (tertiary/aromatic N) is 1. The molecule has 0 aromatic heterocycles. The van der Waals surface area contributed by atoms with Gasteiger partial charge >= 0.3 is 0 Å². The van der Waals surface area contributed by atoms with E-state index < -0.39 is 0 Å². The zero-order valence-electron chi connectivity index (χ0n) is 11.3. The van der Waals surface area contributed by atoms with Crippen LogP contribution in [0, 0.1) is 0 Å². The minimum absolute atomic E-state index is 0.330. The van der Waals surface area contributed by atoms with Crippen LogP contribution < -0.4 is 10.2 Å². The normalized spacial score (nSPS) is 14.0. The lowest BCUT2D eigenvalue weighted by Gasteiger charge is -2.27. The number of amides is 2. The molecule has 1 N–H and O–H groups in total. The van der Waals surface area contributed by atoms with Crippen LogP contribution in [0.25, 0.3) is 10.8 Å². The summed E-state index contributed by atoms with van der Waals surface area (Å²) in [4.78, 5) is 24.8. The van der Waals surface area contributed by atoms with E-state index in [9.17, 15) is 9.59 Å². The van der Waals surface area contributed by atoms with Gasteiger partial charge in [-0.05, 0) is 18.2 Å². The van der Waals surface area contributed by atoms with Crippen molar-refractivity contribution >= 4 is 22.6 Å². The first kappa shape index (κ1) is 12.6. The van der Waals surface area contributed by atoms with E-state index in [-0.39, 0.29) is 11.8 Å². The van der Waals surface area contributed by atoms with Crippen LogP contribution in [0.2, 0.25) is 0 Å². The van der Waals surface area contributed by atoms with Crippen molar-refractivity contribution in [2.75, 3.05) is 13.7 Å². The third kappa shape index (κ3) is 1.60. The zero-order valence-corrected chi connectivity index (χ0v) is 11.3. The summed E-state index contributed by atoms with van der Waals surface area (Å²) in [6.07, 6.45) is 0. The van der Waals surface area contributed by atoms with Crippen LogP contribution in [0.4, 0.5) is 0 Å². The quantitative estimate of drug-likeness (QED) is 0.866. The third-order valence-electron chi connectivity index (χ3n) is 3.40. The number of nitrogens with one attached hydrogen (secondary N) is 1. The van der Waals surface area contributed by atoms with Crippen LogP contribution in [0.5, 0.6) is 5.75 Å². The Morgan fingerprint density at radius 2 is 1.80 bits per heavy atom. The summed E-state index contributed by atoms with van der Waals surface area (Å²) in [5.74, 6) is -0.00509. The van der Waals surface area contributed by atoms with Gasteiger partial charge in [-0.15, -0.1) is 0 Å². The fraction of sp³-hybridized carbons (Fsp3) is 0.200. The van der Waals surface area contributed by atoms with E-state index in [1.807, 2.05) is 13.0 Å². The first-order valence-electron chi connectivity index (χ1n) is 6.41. The smallest absolute Gasteiger partial charge is 0.275 e. The molecule has 0 fully saturated rings. The lowest BCUT2D eigenvalue weighted by molar-refractivity contribution is 0.0525. The number of rotatable bonds is 3. The number of imide groups is 1. The molecule has 3 rings (SSSR count). The van der Waals surface area contributed by atoms with Gasteiger partial charge in [0.15, 0.2) is 0 Å². The van der Waals surface area contributed by atoms with Gasteiger partial charge in [0.05, 0.1) is 18.2 Å². The second-order valence-corrected chi connectivity index (χ2v) is 4.50. The first-order chi connectivity index (χ1) is 9.69. The van der Waals surface area contributed by atoms with Gasteiger partial charge in [-0.1, -0.05) is 19.1 Å². The lowest BCUT2D eigenvalue weighted by Crippen LogP contribution is -2.49. The van der Waals surface area contributed by atoms with Crippen molar-refractivity contribution in [1.82, 2.24) is 10.4 Å². The number of hydrogen-bond donors (Lipinski definition) is 1. The second kappa shape index (κ2) is 4.61. The summed E-state index contributed by atoms with van der Waals surface area (Å²) in [6.45, 7) is 2.34. The molecule has 2 aromatic carbocycles. The van der Waals surface area contributed by atoms with Crippen molar-refractivity contribution in [3.05, 3.63) is 41.5 Å². The maximum Gasteiger partial charge on any atom is 0.275 e. The standard InChI is InChI=1S/C15H14N2O3/c1-3-16-17-14(18)10-6-4-5-9-12(20-2)8-7-11(13(9)10)15(17)19/h4-8,16H,3H2,1-2H3. The van der Waals surface area contributed by atoms with E-state index in [2.05, 4.69) is 5.43 Å². The highest BCUT2D eigenvalue weighted by Gasteiger charge is 2.33. The fourth-order valence-corrected chi connectivity index (χ4v) is 2.55. The van der Waals surface area contributed by atoms with Crippen molar-refractivity contribution < 1.29 is 14.3 Å². The number of methoxy groups -OCH3 is 1. The molecule has 0 aliphatic carbocycles. The Morgan fingerprint density at radius 1 is 1.10 bits per heavy atom. The fourth-order valence-electron chi connectivity index (χ4n) is 2.55. The molecule has 0 bridgehead atoms. The molecule has 0 saturated heterocycles. The van der Waals surface area contributed by atoms with E-state index in [1.165, 1.54) is 0 Å². The zero-order chi connectivity index (χ0) is 14.3. The summed E-state index contributed by atoms with van der Waals surface area (Å²) in [7, 11) is 1.57. The largest absolute Gasteiger partial charge is 0.496 e. The van der Waals surface area contributed by atoms with E-state index in [4.69, 9.17) is 4.74 Å². The van der Waals surface area contributed by atoms with Crippen molar-refractivity contribution in [2.24, 2.45) is 0 Å². The van der Waals surface area contributed by atoms with Crippen LogP contribution in [0.3, 0.4) is 0 Å². The molecule has 0 atom stereocenters. The van der Waals surface area contributed by atoms with E-state index >= 15 is 0 Å². The number of hydrazine groups is 1. The molecule has 0 unspecified atom stereocenters. The molecule has 0 radical (unpaired) electrons. The van der Waals surface area contributed by atoms with Crippen LogP contribution in [0.1, 0.15) is 27.6 Å². The van der Waals surface area contributed by atoms with Gasteiger partial charge in [-0.3, -0.25) is 9.59 Å².